The first-order chi connectivity index (χ1) is 31.7. The van der Waals surface area contributed by atoms with E-state index in [0.29, 0.717) is 5.82 Å². The van der Waals surface area contributed by atoms with Crippen LogP contribution in [0.15, 0.2) is 227 Å². The SMILES string of the molecule is c1ccc(-c2c3ccccc3c(-c3ccc(-c4ccccc4-c4nc(-c5cccc6c5oc5ccccc56)cc(-c5cccc6c5oc5ccccc56)n4)cc3)c3ccccc23)cc1. The molecule has 0 amide bonds. The maximum Gasteiger partial charge on any atom is 0.161 e. The van der Waals surface area contributed by atoms with Crippen LogP contribution >= 0.6 is 0 Å². The zero-order valence-corrected chi connectivity index (χ0v) is 34.5. The molecule has 0 atom stereocenters. The first-order valence-electron chi connectivity index (χ1n) is 21.6. The third-order valence-electron chi connectivity index (χ3n) is 12.7. The molecule has 0 aliphatic carbocycles. The molecular weight excluding hydrogens is 781 g/mol. The molecule has 0 N–H and O–H groups in total. The van der Waals surface area contributed by atoms with Crippen LogP contribution < -0.4 is 0 Å². The third-order valence-corrected chi connectivity index (χ3v) is 12.7. The van der Waals surface area contributed by atoms with Gasteiger partial charge in [-0.2, -0.15) is 0 Å². The number of para-hydroxylation sites is 4. The molecular formula is C60H36N2O2. The smallest absolute Gasteiger partial charge is 0.161 e. The van der Waals surface area contributed by atoms with Gasteiger partial charge in [0.2, 0.25) is 0 Å². The lowest BCUT2D eigenvalue weighted by molar-refractivity contribution is 0.669. The summed E-state index contributed by atoms with van der Waals surface area (Å²) in [4.78, 5) is 10.8. The minimum absolute atomic E-state index is 0.613. The average molecular weight is 817 g/mol. The number of aromatic nitrogens is 2. The third kappa shape index (κ3) is 5.70. The second-order valence-electron chi connectivity index (χ2n) is 16.4. The van der Waals surface area contributed by atoms with Gasteiger partial charge < -0.3 is 8.83 Å². The van der Waals surface area contributed by atoms with Crippen molar-refractivity contribution in [2.45, 2.75) is 0 Å². The van der Waals surface area contributed by atoms with Crippen molar-refractivity contribution in [3.63, 3.8) is 0 Å². The van der Waals surface area contributed by atoms with E-state index in [1.807, 2.05) is 36.4 Å². The van der Waals surface area contributed by atoms with Crippen molar-refractivity contribution < 1.29 is 8.83 Å². The first-order valence-corrected chi connectivity index (χ1v) is 21.6. The molecule has 0 fully saturated rings. The molecule has 0 radical (unpaired) electrons. The van der Waals surface area contributed by atoms with Crippen LogP contribution in [0.1, 0.15) is 0 Å². The van der Waals surface area contributed by atoms with Gasteiger partial charge in [-0.15, -0.1) is 0 Å². The fourth-order valence-corrected chi connectivity index (χ4v) is 9.84. The van der Waals surface area contributed by atoms with Gasteiger partial charge in [-0.05, 0) is 85.3 Å². The Hall–Kier alpha value is -8.60. The molecule has 64 heavy (non-hydrogen) atoms. The molecule has 10 aromatic carbocycles. The number of furan rings is 2. The Kier molecular flexibility index (Phi) is 8.18. The van der Waals surface area contributed by atoms with Crippen molar-refractivity contribution in [2.24, 2.45) is 0 Å². The molecule has 0 saturated carbocycles. The quantitative estimate of drug-likeness (QED) is 0.157. The lowest BCUT2D eigenvalue weighted by atomic mass is 9.85. The maximum atomic E-state index is 6.58. The van der Waals surface area contributed by atoms with Crippen molar-refractivity contribution in [1.82, 2.24) is 9.97 Å². The predicted molar refractivity (Wildman–Crippen MR) is 264 cm³/mol. The number of fused-ring (bicyclic) bond motifs is 8. The monoisotopic (exact) mass is 816 g/mol. The molecule has 0 aliphatic rings. The predicted octanol–water partition coefficient (Wildman–Crippen LogP) is 16.6. The Balaban J connectivity index is 0.992. The molecule has 13 rings (SSSR count). The highest BCUT2D eigenvalue weighted by Gasteiger charge is 2.21. The van der Waals surface area contributed by atoms with Gasteiger partial charge in [-0.1, -0.05) is 188 Å². The summed E-state index contributed by atoms with van der Waals surface area (Å²) in [6.45, 7) is 0. The van der Waals surface area contributed by atoms with Gasteiger partial charge in [0.25, 0.3) is 0 Å². The second-order valence-corrected chi connectivity index (χ2v) is 16.4. The average Bonchev–Trinajstić information content (AvgIpc) is 3.95. The van der Waals surface area contributed by atoms with Gasteiger partial charge >= 0.3 is 0 Å². The number of hydrogen-bond acceptors (Lipinski definition) is 4. The lowest BCUT2D eigenvalue weighted by Crippen LogP contribution is -1.98. The van der Waals surface area contributed by atoms with Crippen LogP contribution in [0.5, 0.6) is 0 Å². The van der Waals surface area contributed by atoms with E-state index in [1.54, 1.807) is 0 Å². The first kappa shape index (κ1) is 36.1. The van der Waals surface area contributed by atoms with Gasteiger partial charge in [-0.25, -0.2) is 9.97 Å². The summed E-state index contributed by atoms with van der Waals surface area (Å²) in [6.07, 6.45) is 0. The van der Waals surface area contributed by atoms with E-state index in [4.69, 9.17) is 18.8 Å². The van der Waals surface area contributed by atoms with Gasteiger partial charge in [-0.3, -0.25) is 0 Å². The lowest BCUT2D eigenvalue weighted by Gasteiger charge is -2.18. The largest absolute Gasteiger partial charge is 0.455 e. The fraction of sp³-hybridized carbons (Fsp3) is 0. The molecule has 0 aliphatic heterocycles. The van der Waals surface area contributed by atoms with Crippen molar-refractivity contribution in [2.75, 3.05) is 0 Å². The standard InChI is InChI=1S/C60H36N2O2/c1-2-16-38(17-3-1)56-43-21-5-7-23-45(43)57(46-24-8-6-22-44(46)56)39-34-32-37(33-35-39)40-18-4-9-25-49(40)60-61-52(50-28-14-26-47-41-19-10-12-30-54(41)63-58(47)50)36-53(62-60)51-29-15-27-48-42-20-11-13-31-55(42)64-59(48)51/h1-36H. The van der Waals surface area contributed by atoms with Crippen molar-refractivity contribution in [3.05, 3.63) is 218 Å². The van der Waals surface area contributed by atoms with E-state index in [-0.39, 0.29) is 0 Å². The molecule has 3 heterocycles. The van der Waals surface area contributed by atoms with E-state index in [1.165, 1.54) is 38.2 Å². The summed E-state index contributed by atoms with van der Waals surface area (Å²) >= 11 is 0. The molecule has 13 aromatic rings. The Labute approximate surface area is 368 Å². The summed E-state index contributed by atoms with van der Waals surface area (Å²) in [7, 11) is 0. The summed E-state index contributed by atoms with van der Waals surface area (Å²) in [5, 5.41) is 9.16. The molecule has 0 bridgehead atoms. The number of rotatable bonds is 6. The summed E-state index contributed by atoms with van der Waals surface area (Å²) in [5.41, 5.74) is 14.5. The Morgan fingerprint density at radius 1 is 0.266 bits per heavy atom. The second kappa shape index (κ2) is 14.5. The maximum absolute atomic E-state index is 6.58. The zero-order valence-electron chi connectivity index (χ0n) is 34.5. The van der Waals surface area contributed by atoms with Gasteiger partial charge in [0, 0.05) is 38.2 Å². The van der Waals surface area contributed by atoms with Crippen molar-refractivity contribution in [1.29, 1.82) is 0 Å². The van der Waals surface area contributed by atoms with Crippen LogP contribution in [0.4, 0.5) is 0 Å². The minimum atomic E-state index is 0.613. The number of nitrogens with zero attached hydrogens (tertiary/aromatic N) is 2. The van der Waals surface area contributed by atoms with Crippen LogP contribution in [-0.4, -0.2) is 9.97 Å². The highest BCUT2D eigenvalue weighted by molar-refractivity contribution is 6.21. The summed E-state index contributed by atoms with van der Waals surface area (Å²) in [5.74, 6) is 0.613. The van der Waals surface area contributed by atoms with Crippen LogP contribution in [0.3, 0.4) is 0 Å². The highest BCUT2D eigenvalue weighted by atomic mass is 16.3. The molecule has 0 spiro atoms. The van der Waals surface area contributed by atoms with E-state index in [2.05, 4.69) is 182 Å². The summed E-state index contributed by atoms with van der Waals surface area (Å²) in [6, 6.07) is 76.8. The molecule has 0 saturated heterocycles. The minimum Gasteiger partial charge on any atom is -0.455 e. The van der Waals surface area contributed by atoms with E-state index in [9.17, 15) is 0 Å². The fourth-order valence-electron chi connectivity index (χ4n) is 9.84. The molecule has 4 heteroatoms. The van der Waals surface area contributed by atoms with E-state index < -0.39 is 0 Å². The van der Waals surface area contributed by atoms with E-state index >= 15 is 0 Å². The molecule has 4 nitrogen and oxygen atoms in total. The molecule has 3 aromatic heterocycles. The highest BCUT2D eigenvalue weighted by Crippen LogP contribution is 2.45. The van der Waals surface area contributed by atoms with Crippen LogP contribution in [-0.2, 0) is 0 Å². The molecule has 0 unspecified atom stereocenters. The van der Waals surface area contributed by atoms with Crippen LogP contribution in [0, 0.1) is 0 Å². The number of benzene rings is 10. The van der Waals surface area contributed by atoms with Crippen LogP contribution in [0.25, 0.3) is 133 Å². The zero-order chi connectivity index (χ0) is 42.1. The Morgan fingerprint density at radius 2 is 0.641 bits per heavy atom. The van der Waals surface area contributed by atoms with Gasteiger partial charge in [0.1, 0.15) is 22.3 Å². The summed E-state index contributed by atoms with van der Waals surface area (Å²) < 4.78 is 13.2. The Morgan fingerprint density at radius 3 is 1.16 bits per heavy atom. The normalized spacial score (nSPS) is 11.8. The van der Waals surface area contributed by atoms with Gasteiger partial charge in [0.05, 0.1) is 11.4 Å². The topological polar surface area (TPSA) is 52.1 Å². The molecule has 298 valence electrons. The van der Waals surface area contributed by atoms with Gasteiger partial charge in [0.15, 0.2) is 5.82 Å². The number of hydrogen-bond donors (Lipinski definition) is 0. The van der Waals surface area contributed by atoms with E-state index in [0.717, 1.165) is 88.6 Å². The van der Waals surface area contributed by atoms with Crippen molar-refractivity contribution in [3.8, 4) is 67.3 Å². The van der Waals surface area contributed by atoms with Crippen LogP contribution in [0.2, 0.25) is 0 Å². The van der Waals surface area contributed by atoms with Crippen molar-refractivity contribution >= 4 is 65.4 Å². The Bertz CT molecular complexity index is 3770.